The van der Waals surface area contributed by atoms with Gasteiger partial charge in [-0.15, -0.1) is 11.8 Å². The third-order valence-corrected chi connectivity index (χ3v) is 3.77. The fourth-order valence-electron chi connectivity index (χ4n) is 0.950. The number of thioether (sulfide) groups is 1. The fraction of sp³-hybridized carbons (Fsp3) is 0.333. The van der Waals surface area contributed by atoms with Crippen LogP contribution in [0.15, 0.2) is 23.1 Å². The third-order valence-electron chi connectivity index (χ3n) is 1.56. The van der Waals surface area contributed by atoms with Gasteiger partial charge < -0.3 is 0 Å². The van der Waals surface area contributed by atoms with E-state index in [9.17, 15) is 13.2 Å². The van der Waals surface area contributed by atoms with E-state index in [0.29, 0.717) is 3.57 Å². The number of hydrogen-bond acceptors (Lipinski definition) is 1. The van der Waals surface area contributed by atoms with E-state index in [4.69, 9.17) is 0 Å². The van der Waals surface area contributed by atoms with E-state index in [2.05, 4.69) is 0 Å². The minimum atomic E-state index is -4.24. The molecule has 1 rings (SSSR count). The zero-order valence-electron chi connectivity index (χ0n) is 7.36. The van der Waals surface area contributed by atoms with Gasteiger partial charge in [0, 0.05) is 8.47 Å². The lowest BCUT2D eigenvalue weighted by molar-refractivity contribution is -0.137. The summed E-state index contributed by atoms with van der Waals surface area (Å²) in [5.74, 6) is 0.862. The van der Waals surface area contributed by atoms with Crippen LogP contribution >= 0.6 is 34.4 Å². The van der Waals surface area contributed by atoms with Crippen LogP contribution in [-0.2, 0) is 6.18 Å². The summed E-state index contributed by atoms with van der Waals surface area (Å²) in [6.07, 6.45) is -4.24. The maximum Gasteiger partial charge on any atom is 0.416 e. The summed E-state index contributed by atoms with van der Waals surface area (Å²) in [4.78, 5) is 0.904. The van der Waals surface area contributed by atoms with Crippen LogP contribution in [0.1, 0.15) is 12.5 Å². The molecule has 0 aliphatic carbocycles. The van der Waals surface area contributed by atoms with Crippen LogP contribution in [-0.4, -0.2) is 5.75 Å². The molecule has 0 nitrogen and oxygen atoms in total. The second-order valence-electron chi connectivity index (χ2n) is 2.58. The molecule has 0 saturated carbocycles. The molecule has 78 valence electrons. The van der Waals surface area contributed by atoms with Gasteiger partial charge in [0.2, 0.25) is 0 Å². The van der Waals surface area contributed by atoms with Gasteiger partial charge in [-0.25, -0.2) is 0 Å². The van der Waals surface area contributed by atoms with Crippen LogP contribution in [0.2, 0.25) is 0 Å². The van der Waals surface area contributed by atoms with Crippen molar-refractivity contribution in [2.24, 2.45) is 0 Å². The molecular weight excluding hydrogens is 324 g/mol. The van der Waals surface area contributed by atoms with Gasteiger partial charge in [-0.1, -0.05) is 6.92 Å². The smallest absolute Gasteiger partial charge is 0.166 e. The van der Waals surface area contributed by atoms with Gasteiger partial charge in [-0.2, -0.15) is 13.2 Å². The summed E-state index contributed by atoms with van der Waals surface area (Å²) in [6, 6.07) is 3.83. The number of alkyl halides is 3. The average molecular weight is 332 g/mol. The molecule has 0 aliphatic rings. The Kier molecular flexibility index (Phi) is 4.12. The summed E-state index contributed by atoms with van der Waals surface area (Å²) < 4.78 is 37.5. The molecule has 0 atom stereocenters. The largest absolute Gasteiger partial charge is 0.416 e. The van der Waals surface area contributed by atoms with Crippen molar-refractivity contribution in [2.75, 3.05) is 5.75 Å². The summed E-state index contributed by atoms with van der Waals surface area (Å²) in [6.45, 7) is 1.97. The van der Waals surface area contributed by atoms with E-state index in [0.717, 1.165) is 16.7 Å². The van der Waals surface area contributed by atoms with Crippen molar-refractivity contribution in [3.05, 3.63) is 27.3 Å². The monoisotopic (exact) mass is 332 g/mol. The van der Waals surface area contributed by atoms with Gasteiger partial charge in [0.25, 0.3) is 0 Å². The summed E-state index contributed by atoms with van der Waals surface area (Å²) in [5, 5.41) is 0. The van der Waals surface area contributed by atoms with E-state index >= 15 is 0 Å². The molecule has 0 fully saturated rings. The Balaban J connectivity index is 3.01. The molecule has 0 spiro atoms. The zero-order chi connectivity index (χ0) is 10.8. The predicted molar refractivity (Wildman–Crippen MR) is 60.6 cm³/mol. The molecule has 0 radical (unpaired) electrons. The van der Waals surface area contributed by atoms with Crippen LogP contribution in [0.25, 0.3) is 0 Å². The highest BCUT2D eigenvalue weighted by Gasteiger charge is 2.30. The number of halogens is 4. The maximum absolute atomic E-state index is 12.3. The SMILES string of the molecule is CCSc1ccc(C(F)(F)F)cc1I. The van der Waals surface area contributed by atoms with Gasteiger partial charge in [0.05, 0.1) is 5.56 Å². The first-order valence-electron chi connectivity index (χ1n) is 3.94. The number of benzene rings is 1. The Morgan fingerprint density at radius 2 is 2.00 bits per heavy atom. The minimum Gasteiger partial charge on any atom is -0.166 e. The first-order valence-corrected chi connectivity index (χ1v) is 6.01. The average Bonchev–Trinajstić information content (AvgIpc) is 2.07. The van der Waals surface area contributed by atoms with E-state index < -0.39 is 11.7 Å². The Hall–Kier alpha value is 0.0900. The lowest BCUT2D eigenvalue weighted by Crippen LogP contribution is -2.05. The molecule has 0 N–H and O–H groups in total. The Morgan fingerprint density at radius 1 is 1.36 bits per heavy atom. The molecule has 0 bridgehead atoms. The molecule has 5 heteroatoms. The van der Waals surface area contributed by atoms with Crippen LogP contribution in [0, 0.1) is 3.57 Å². The molecule has 0 saturated heterocycles. The van der Waals surface area contributed by atoms with Gasteiger partial charge in [0.15, 0.2) is 0 Å². The van der Waals surface area contributed by atoms with Gasteiger partial charge in [-0.05, 0) is 46.5 Å². The highest BCUT2D eigenvalue weighted by atomic mass is 127. The van der Waals surface area contributed by atoms with Crippen molar-refractivity contribution in [3.63, 3.8) is 0 Å². The highest BCUT2D eigenvalue weighted by molar-refractivity contribution is 14.1. The molecule has 1 aromatic rings. The summed E-state index contributed by atoms with van der Waals surface area (Å²) in [7, 11) is 0. The fourth-order valence-corrected chi connectivity index (χ4v) is 2.60. The van der Waals surface area contributed by atoms with Crippen molar-refractivity contribution in [1.82, 2.24) is 0 Å². The normalized spacial score (nSPS) is 11.8. The van der Waals surface area contributed by atoms with Crippen LogP contribution < -0.4 is 0 Å². The lowest BCUT2D eigenvalue weighted by atomic mass is 10.2. The molecular formula is C9H8F3IS. The van der Waals surface area contributed by atoms with E-state index in [-0.39, 0.29) is 0 Å². The molecule has 1 aromatic carbocycles. The number of hydrogen-bond donors (Lipinski definition) is 0. The standard InChI is InChI=1S/C9H8F3IS/c1-2-14-8-4-3-6(5-7(8)13)9(10,11)12/h3-5H,2H2,1H3. The molecule has 0 amide bonds. The second kappa shape index (κ2) is 4.74. The van der Waals surface area contributed by atoms with Crippen LogP contribution in [0.5, 0.6) is 0 Å². The lowest BCUT2D eigenvalue weighted by Gasteiger charge is -2.09. The highest BCUT2D eigenvalue weighted by Crippen LogP contribution is 2.33. The quantitative estimate of drug-likeness (QED) is 0.571. The van der Waals surface area contributed by atoms with Gasteiger partial charge in [-0.3, -0.25) is 0 Å². The van der Waals surface area contributed by atoms with E-state index in [1.807, 2.05) is 29.5 Å². The van der Waals surface area contributed by atoms with E-state index in [1.54, 1.807) is 11.8 Å². The van der Waals surface area contributed by atoms with E-state index in [1.165, 1.54) is 12.1 Å². The molecule has 0 unspecified atom stereocenters. The van der Waals surface area contributed by atoms with Crippen molar-refractivity contribution < 1.29 is 13.2 Å². The zero-order valence-corrected chi connectivity index (χ0v) is 10.3. The van der Waals surface area contributed by atoms with Gasteiger partial charge >= 0.3 is 6.18 Å². The van der Waals surface area contributed by atoms with Crippen molar-refractivity contribution in [1.29, 1.82) is 0 Å². The van der Waals surface area contributed by atoms with Crippen molar-refractivity contribution in [2.45, 2.75) is 18.0 Å². The molecule has 0 heterocycles. The predicted octanol–water partition coefficient (Wildman–Crippen LogP) is 4.42. The minimum absolute atomic E-state index is 0.581. The Labute approximate surface area is 98.4 Å². The van der Waals surface area contributed by atoms with Crippen LogP contribution in [0.4, 0.5) is 13.2 Å². The Bertz CT molecular complexity index is 322. The van der Waals surface area contributed by atoms with Crippen molar-refractivity contribution in [3.8, 4) is 0 Å². The van der Waals surface area contributed by atoms with Crippen LogP contribution in [0.3, 0.4) is 0 Å². The molecule has 0 aliphatic heterocycles. The maximum atomic E-state index is 12.3. The topological polar surface area (TPSA) is 0 Å². The first-order chi connectivity index (χ1) is 6.45. The molecule has 14 heavy (non-hydrogen) atoms. The second-order valence-corrected chi connectivity index (χ2v) is 5.04. The third kappa shape index (κ3) is 3.05. The van der Waals surface area contributed by atoms with Gasteiger partial charge in [0.1, 0.15) is 0 Å². The molecule has 0 aromatic heterocycles. The Morgan fingerprint density at radius 3 is 2.43 bits per heavy atom. The summed E-state index contributed by atoms with van der Waals surface area (Å²) in [5.41, 5.74) is -0.581. The first kappa shape index (κ1) is 12.2. The number of rotatable bonds is 2. The summed E-state index contributed by atoms with van der Waals surface area (Å²) >= 11 is 3.47. The van der Waals surface area contributed by atoms with Crippen molar-refractivity contribution >= 4 is 34.4 Å².